The molecule has 0 radical (unpaired) electrons. The number of nitrogens with zero attached hydrogens (tertiary/aromatic N) is 2. The van der Waals surface area contributed by atoms with Crippen LogP contribution in [-0.2, 0) is 0 Å². The molecule has 0 bridgehead atoms. The van der Waals surface area contributed by atoms with E-state index in [1.807, 2.05) is 38.4 Å². The highest BCUT2D eigenvalue weighted by atomic mass is 35.5. The average Bonchev–Trinajstić information content (AvgIpc) is 2.78. The molecule has 0 amide bonds. The Balaban J connectivity index is 1.53. The number of hydrogen-bond acceptors (Lipinski definition) is 6. The van der Waals surface area contributed by atoms with Gasteiger partial charge in [0.05, 0.1) is 11.8 Å². The van der Waals surface area contributed by atoms with Crippen LogP contribution >= 0.6 is 11.6 Å². The zero-order chi connectivity index (χ0) is 22.7. The molecule has 6 nitrogen and oxygen atoms in total. The summed E-state index contributed by atoms with van der Waals surface area (Å²) in [6.07, 6.45) is 6.13. The van der Waals surface area contributed by atoms with E-state index in [-0.39, 0.29) is 16.9 Å². The number of carbonyl (C=O) groups excluding carboxylic acids is 2. The summed E-state index contributed by atoms with van der Waals surface area (Å²) in [6, 6.07) is 7.20. The Morgan fingerprint density at radius 1 is 1.00 bits per heavy atom. The lowest BCUT2D eigenvalue weighted by Crippen LogP contribution is -2.47. The number of allylic oxidation sites excluding steroid dienone is 4. The number of ketones is 2. The third kappa shape index (κ3) is 4.92. The van der Waals surface area contributed by atoms with E-state index in [0.717, 1.165) is 63.5 Å². The maximum absolute atomic E-state index is 13.5. The Bertz CT molecular complexity index is 926. The summed E-state index contributed by atoms with van der Waals surface area (Å²) in [5.41, 5.74) is 2.72. The van der Waals surface area contributed by atoms with Crippen LogP contribution in [0.3, 0.4) is 0 Å². The van der Waals surface area contributed by atoms with Crippen molar-refractivity contribution in [3.05, 3.63) is 58.9 Å². The van der Waals surface area contributed by atoms with Gasteiger partial charge in [0, 0.05) is 60.6 Å². The molecule has 32 heavy (non-hydrogen) atoms. The second-order valence-electron chi connectivity index (χ2n) is 9.17. The van der Waals surface area contributed by atoms with Crippen LogP contribution in [0.2, 0.25) is 0 Å². The van der Waals surface area contributed by atoms with Gasteiger partial charge in [-0.1, -0.05) is 24.3 Å². The fraction of sp³-hybridized carbons (Fsp3) is 0.520. The average molecular weight is 457 g/mol. The minimum atomic E-state index is -0.508. The number of hydrogen-bond donors (Lipinski definition) is 2. The van der Waals surface area contributed by atoms with Gasteiger partial charge in [-0.3, -0.25) is 9.59 Å². The summed E-state index contributed by atoms with van der Waals surface area (Å²) in [5, 5.41) is 7.12. The summed E-state index contributed by atoms with van der Waals surface area (Å²) in [5.74, 6) is -0.981. The monoisotopic (exact) mass is 456 g/mol. The molecule has 3 atom stereocenters. The number of alkyl halides is 1. The topological polar surface area (TPSA) is 64.7 Å². The normalized spacial score (nSPS) is 25.7. The lowest BCUT2D eigenvalue weighted by atomic mass is 9.69. The van der Waals surface area contributed by atoms with Gasteiger partial charge in [0.25, 0.3) is 0 Å². The maximum atomic E-state index is 13.5. The van der Waals surface area contributed by atoms with Crippen molar-refractivity contribution in [1.82, 2.24) is 20.4 Å². The quantitative estimate of drug-likeness (QED) is 0.586. The Morgan fingerprint density at radius 2 is 1.59 bits per heavy atom. The van der Waals surface area contributed by atoms with Crippen LogP contribution in [0, 0.1) is 11.8 Å². The third-order valence-corrected chi connectivity index (χ3v) is 6.92. The Morgan fingerprint density at radius 3 is 2.16 bits per heavy atom. The van der Waals surface area contributed by atoms with E-state index in [0.29, 0.717) is 11.1 Å². The fourth-order valence-electron chi connectivity index (χ4n) is 4.90. The molecule has 1 saturated heterocycles. The summed E-state index contributed by atoms with van der Waals surface area (Å²) in [7, 11) is 4.03. The molecule has 1 aromatic rings. The zero-order valence-corrected chi connectivity index (χ0v) is 19.7. The van der Waals surface area contributed by atoms with Crippen LogP contribution in [0.5, 0.6) is 0 Å². The zero-order valence-electron chi connectivity index (χ0n) is 18.9. The summed E-state index contributed by atoms with van der Waals surface area (Å²) in [4.78, 5) is 31.5. The van der Waals surface area contributed by atoms with Crippen LogP contribution in [0.15, 0.2) is 47.8 Å². The maximum Gasteiger partial charge on any atom is 0.173 e. The predicted octanol–water partition coefficient (Wildman–Crippen LogP) is 2.52. The van der Waals surface area contributed by atoms with Crippen LogP contribution in [0.4, 0.5) is 0 Å². The molecular formula is C25H33ClN4O2. The van der Waals surface area contributed by atoms with E-state index in [9.17, 15) is 9.59 Å². The first-order valence-electron chi connectivity index (χ1n) is 11.5. The molecule has 3 aliphatic rings. The van der Waals surface area contributed by atoms with Gasteiger partial charge in [0.2, 0.25) is 0 Å². The Hall–Kier alpha value is -2.15. The highest BCUT2D eigenvalue weighted by molar-refractivity contribution is 6.20. The number of likely N-dealkylation sites (N-methyl/N-ethyl adjacent to an activating group) is 1. The number of fused-ring (bicyclic) bond motifs is 2. The van der Waals surface area contributed by atoms with Gasteiger partial charge < -0.3 is 20.4 Å². The number of halogens is 1. The number of Topliss-reactive ketones (excluding diaryl/α,β-unsaturated/α-hetero) is 2. The highest BCUT2D eigenvalue weighted by Gasteiger charge is 2.46. The predicted molar refractivity (Wildman–Crippen MR) is 128 cm³/mol. The minimum absolute atomic E-state index is 0.0159. The van der Waals surface area contributed by atoms with Gasteiger partial charge in [0.15, 0.2) is 11.6 Å². The molecule has 1 aromatic carbocycles. The first kappa shape index (κ1) is 23.0. The molecule has 1 heterocycles. The van der Waals surface area contributed by atoms with Gasteiger partial charge in [-0.2, -0.15) is 0 Å². The third-order valence-electron chi connectivity index (χ3n) is 6.56. The first-order chi connectivity index (χ1) is 15.5. The number of carbonyl (C=O) groups is 2. The van der Waals surface area contributed by atoms with Crippen molar-refractivity contribution in [1.29, 1.82) is 0 Å². The van der Waals surface area contributed by atoms with E-state index < -0.39 is 11.8 Å². The number of benzene rings is 1. The summed E-state index contributed by atoms with van der Waals surface area (Å²) in [6.45, 7) is 5.11. The van der Waals surface area contributed by atoms with E-state index in [4.69, 9.17) is 11.6 Å². The van der Waals surface area contributed by atoms with Gasteiger partial charge in [-0.05, 0) is 45.6 Å². The van der Waals surface area contributed by atoms with Crippen molar-refractivity contribution in [2.24, 2.45) is 11.8 Å². The van der Waals surface area contributed by atoms with Crippen molar-refractivity contribution in [2.75, 3.05) is 53.4 Å². The molecule has 4 rings (SSSR count). The van der Waals surface area contributed by atoms with Crippen LogP contribution in [0.25, 0.3) is 0 Å². The molecule has 0 spiro atoms. The highest BCUT2D eigenvalue weighted by Crippen LogP contribution is 2.39. The lowest BCUT2D eigenvalue weighted by Gasteiger charge is -2.37. The number of rotatable bonds is 8. The molecule has 0 aromatic heterocycles. The SMILES string of the molecule is CN(C)CCNC1=CC=C(NCCN2CCCC(Cl)C2)C2C(=O)c3ccccc3C(=O)C12. The Labute approximate surface area is 195 Å². The molecule has 1 aliphatic heterocycles. The summed E-state index contributed by atoms with van der Waals surface area (Å²) >= 11 is 6.32. The molecule has 2 aliphatic carbocycles. The fourth-order valence-corrected chi connectivity index (χ4v) is 5.25. The minimum Gasteiger partial charge on any atom is -0.386 e. The van der Waals surface area contributed by atoms with Crippen molar-refractivity contribution < 1.29 is 9.59 Å². The van der Waals surface area contributed by atoms with Crippen molar-refractivity contribution >= 4 is 23.2 Å². The molecule has 1 fully saturated rings. The van der Waals surface area contributed by atoms with Gasteiger partial charge in [0.1, 0.15) is 0 Å². The largest absolute Gasteiger partial charge is 0.386 e. The standard InChI is InChI=1S/C25H33ClN4O2/c1-29(2)14-11-27-20-9-10-21(28-12-15-30-13-5-6-17(26)16-30)23-22(20)24(31)18-7-3-4-8-19(18)25(23)32/h3-4,7-10,17,22-23,27-28H,5-6,11-16H2,1-2H3. The summed E-state index contributed by atoms with van der Waals surface area (Å²) < 4.78 is 0. The first-order valence-corrected chi connectivity index (χ1v) is 12.0. The molecular weight excluding hydrogens is 424 g/mol. The molecule has 172 valence electrons. The van der Waals surface area contributed by atoms with Crippen LogP contribution < -0.4 is 10.6 Å². The molecule has 3 unspecified atom stereocenters. The van der Waals surface area contributed by atoms with Crippen molar-refractivity contribution in [3.63, 3.8) is 0 Å². The van der Waals surface area contributed by atoms with Crippen molar-refractivity contribution in [2.45, 2.75) is 18.2 Å². The van der Waals surface area contributed by atoms with Crippen LogP contribution in [-0.4, -0.2) is 80.1 Å². The van der Waals surface area contributed by atoms with E-state index in [1.165, 1.54) is 0 Å². The number of nitrogens with one attached hydrogen (secondary N) is 2. The Kier molecular flexibility index (Phi) is 7.33. The van der Waals surface area contributed by atoms with Crippen molar-refractivity contribution in [3.8, 4) is 0 Å². The molecule has 7 heteroatoms. The second-order valence-corrected chi connectivity index (χ2v) is 9.79. The van der Waals surface area contributed by atoms with E-state index >= 15 is 0 Å². The molecule has 2 N–H and O–H groups in total. The molecule has 0 saturated carbocycles. The van der Waals surface area contributed by atoms with Gasteiger partial charge >= 0.3 is 0 Å². The number of likely N-dealkylation sites (tertiary alicyclic amines) is 1. The van der Waals surface area contributed by atoms with E-state index in [1.54, 1.807) is 12.1 Å². The lowest BCUT2D eigenvalue weighted by molar-refractivity contribution is 0.0775. The number of piperidine rings is 1. The van der Waals surface area contributed by atoms with Gasteiger partial charge in [-0.15, -0.1) is 11.6 Å². The smallest absolute Gasteiger partial charge is 0.173 e. The second kappa shape index (κ2) is 10.2. The van der Waals surface area contributed by atoms with E-state index in [2.05, 4.69) is 20.4 Å². The van der Waals surface area contributed by atoms with Gasteiger partial charge in [-0.25, -0.2) is 0 Å². The van der Waals surface area contributed by atoms with Crippen LogP contribution in [0.1, 0.15) is 33.6 Å².